The van der Waals surface area contributed by atoms with Crippen molar-refractivity contribution < 1.29 is 0 Å². The van der Waals surface area contributed by atoms with E-state index >= 15 is 0 Å². The van der Waals surface area contributed by atoms with E-state index in [0.717, 1.165) is 12.6 Å². The second kappa shape index (κ2) is 5.61. The summed E-state index contributed by atoms with van der Waals surface area (Å²) in [5, 5.41) is 0. The van der Waals surface area contributed by atoms with Crippen molar-refractivity contribution in [3.63, 3.8) is 0 Å². The van der Waals surface area contributed by atoms with Gasteiger partial charge in [0.15, 0.2) is 0 Å². The van der Waals surface area contributed by atoms with Crippen molar-refractivity contribution >= 4 is 0 Å². The van der Waals surface area contributed by atoms with Crippen LogP contribution >= 0.6 is 0 Å². The van der Waals surface area contributed by atoms with Gasteiger partial charge in [-0.1, -0.05) is 20.3 Å². The Morgan fingerprint density at radius 1 is 1.46 bits per heavy atom. The molecule has 1 rings (SSSR count). The van der Waals surface area contributed by atoms with E-state index in [0.29, 0.717) is 5.92 Å². The van der Waals surface area contributed by atoms with Crippen LogP contribution < -0.4 is 5.73 Å². The first-order chi connectivity index (χ1) is 6.27. The average molecular weight is 184 g/mol. The van der Waals surface area contributed by atoms with E-state index in [9.17, 15) is 0 Å². The van der Waals surface area contributed by atoms with Gasteiger partial charge in [-0.3, -0.25) is 0 Å². The first-order valence-electron chi connectivity index (χ1n) is 5.72. The molecule has 0 amide bonds. The zero-order valence-electron chi connectivity index (χ0n) is 9.13. The van der Waals surface area contributed by atoms with Gasteiger partial charge in [-0.2, -0.15) is 0 Å². The van der Waals surface area contributed by atoms with E-state index in [1.165, 1.54) is 38.8 Å². The molecule has 1 fully saturated rings. The number of hydrogen-bond acceptors (Lipinski definition) is 2. The molecule has 1 heterocycles. The fourth-order valence-electron chi connectivity index (χ4n) is 2.24. The average Bonchev–Trinajstić information content (AvgIpc) is 2.18. The lowest BCUT2D eigenvalue weighted by atomic mass is 9.98. The molecule has 1 aliphatic heterocycles. The highest BCUT2D eigenvalue weighted by atomic mass is 15.2. The van der Waals surface area contributed by atoms with Crippen LogP contribution in [-0.2, 0) is 0 Å². The third kappa shape index (κ3) is 3.28. The molecule has 1 aliphatic rings. The summed E-state index contributed by atoms with van der Waals surface area (Å²) in [5.41, 5.74) is 5.65. The summed E-state index contributed by atoms with van der Waals surface area (Å²) in [7, 11) is 0. The van der Waals surface area contributed by atoms with Gasteiger partial charge in [-0.25, -0.2) is 0 Å². The smallest absolute Gasteiger partial charge is 0.00927 e. The minimum atomic E-state index is 0.659. The van der Waals surface area contributed by atoms with Crippen LogP contribution in [0.4, 0.5) is 0 Å². The van der Waals surface area contributed by atoms with Crippen molar-refractivity contribution in [1.29, 1.82) is 0 Å². The minimum absolute atomic E-state index is 0.659. The lowest BCUT2D eigenvalue weighted by molar-refractivity contribution is 0.126. The standard InChI is InChI=1S/C11H24N2/c1-3-11-6-4-5-7-13(11)9-10(2)8-12/h10-11H,3-9,12H2,1-2H3/t10?,11-/m0/s1. The molecule has 0 aromatic carbocycles. The normalized spacial score (nSPS) is 27.5. The van der Waals surface area contributed by atoms with Crippen LogP contribution in [0, 0.1) is 5.92 Å². The molecule has 13 heavy (non-hydrogen) atoms. The maximum absolute atomic E-state index is 5.65. The van der Waals surface area contributed by atoms with E-state index < -0.39 is 0 Å². The molecule has 2 heteroatoms. The maximum atomic E-state index is 5.65. The molecule has 2 N–H and O–H groups in total. The van der Waals surface area contributed by atoms with E-state index in [2.05, 4.69) is 18.7 Å². The molecule has 2 atom stereocenters. The van der Waals surface area contributed by atoms with Gasteiger partial charge in [0.25, 0.3) is 0 Å². The first-order valence-corrected chi connectivity index (χ1v) is 5.72. The second-order valence-electron chi connectivity index (χ2n) is 4.39. The summed E-state index contributed by atoms with van der Waals surface area (Å²) in [6, 6.07) is 0.836. The van der Waals surface area contributed by atoms with Gasteiger partial charge in [0.2, 0.25) is 0 Å². The van der Waals surface area contributed by atoms with E-state index in [1.807, 2.05) is 0 Å². The lowest BCUT2D eigenvalue weighted by Gasteiger charge is -2.36. The topological polar surface area (TPSA) is 29.3 Å². The Bertz CT molecular complexity index is 136. The van der Waals surface area contributed by atoms with Gasteiger partial charge in [0.1, 0.15) is 0 Å². The van der Waals surface area contributed by atoms with Crippen molar-refractivity contribution in [1.82, 2.24) is 4.90 Å². The third-order valence-electron chi connectivity index (χ3n) is 3.17. The maximum Gasteiger partial charge on any atom is 0.00927 e. The van der Waals surface area contributed by atoms with Crippen LogP contribution in [0.3, 0.4) is 0 Å². The van der Waals surface area contributed by atoms with Crippen molar-refractivity contribution in [2.45, 2.75) is 45.6 Å². The molecule has 2 nitrogen and oxygen atoms in total. The summed E-state index contributed by atoms with van der Waals surface area (Å²) in [6.07, 6.45) is 5.50. The molecule has 0 saturated carbocycles. The third-order valence-corrected chi connectivity index (χ3v) is 3.17. The number of likely N-dealkylation sites (tertiary alicyclic amines) is 1. The first kappa shape index (κ1) is 11.0. The number of nitrogens with two attached hydrogens (primary N) is 1. The van der Waals surface area contributed by atoms with Gasteiger partial charge in [0.05, 0.1) is 0 Å². The fraction of sp³-hybridized carbons (Fsp3) is 1.00. The predicted molar refractivity (Wildman–Crippen MR) is 57.7 cm³/mol. The Balaban J connectivity index is 2.35. The highest BCUT2D eigenvalue weighted by molar-refractivity contribution is 4.77. The van der Waals surface area contributed by atoms with Crippen LogP contribution in [0.5, 0.6) is 0 Å². The quantitative estimate of drug-likeness (QED) is 0.722. The lowest BCUT2D eigenvalue weighted by Crippen LogP contribution is -2.42. The van der Waals surface area contributed by atoms with Crippen molar-refractivity contribution in [3.05, 3.63) is 0 Å². The summed E-state index contributed by atoms with van der Waals surface area (Å²) in [4.78, 5) is 2.64. The van der Waals surface area contributed by atoms with Gasteiger partial charge in [-0.15, -0.1) is 0 Å². The Labute approximate surface area is 82.5 Å². The van der Waals surface area contributed by atoms with E-state index in [1.54, 1.807) is 0 Å². The Kier molecular flexibility index (Phi) is 4.74. The largest absolute Gasteiger partial charge is 0.330 e. The van der Waals surface area contributed by atoms with Crippen LogP contribution in [0.15, 0.2) is 0 Å². The fourth-order valence-corrected chi connectivity index (χ4v) is 2.24. The van der Waals surface area contributed by atoms with Gasteiger partial charge >= 0.3 is 0 Å². The van der Waals surface area contributed by atoms with E-state index in [-0.39, 0.29) is 0 Å². The van der Waals surface area contributed by atoms with Crippen LogP contribution in [0.1, 0.15) is 39.5 Å². The van der Waals surface area contributed by atoms with Gasteiger partial charge < -0.3 is 10.6 Å². The highest BCUT2D eigenvalue weighted by Gasteiger charge is 2.21. The molecule has 0 bridgehead atoms. The van der Waals surface area contributed by atoms with Gasteiger partial charge in [-0.05, 0) is 38.3 Å². The molecular formula is C11H24N2. The number of piperidine rings is 1. The number of hydrogen-bond donors (Lipinski definition) is 1. The van der Waals surface area contributed by atoms with Crippen molar-refractivity contribution in [2.24, 2.45) is 11.7 Å². The van der Waals surface area contributed by atoms with Gasteiger partial charge in [0, 0.05) is 12.6 Å². The van der Waals surface area contributed by atoms with E-state index in [4.69, 9.17) is 5.73 Å². The Morgan fingerprint density at radius 2 is 2.23 bits per heavy atom. The molecule has 1 unspecified atom stereocenters. The minimum Gasteiger partial charge on any atom is -0.330 e. The molecule has 78 valence electrons. The van der Waals surface area contributed by atoms with Crippen LogP contribution in [0.25, 0.3) is 0 Å². The summed E-state index contributed by atoms with van der Waals surface area (Å²) < 4.78 is 0. The van der Waals surface area contributed by atoms with Crippen LogP contribution in [-0.4, -0.2) is 30.6 Å². The summed E-state index contributed by atoms with van der Waals surface area (Å²) >= 11 is 0. The molecule has 1 saturated heterocycles. The van der Waals surface area contributed by atoms with Crippen molar-refractivity contribution in [3.8, 4) is 0 Å². The SMILES string of the molecule is CC[C@H]1CCCCN1CC(C)CN. The molecule has 0 aromatic rings. The van der Waals surface area contributed by atoms with Crippen molar-refractivity contribution in [2.75, 3.05) is 19.6 Å². The molecule has 0 spiro atoms. The zero-order valence-corrected chi connectivity index (χ0v) is 9.13. The number of rotatable bonds is 4. The predicted octanol–water partition coefficient (Wildman–Crippen LogP) is 1.85. The van der Waals surface area contributed by atoms with Crippen LogP contribution in [0.2, 0.25) is 0 Å². The molecule has 0 radical (unpaired) electrons. The summed E-state index contributed by atoms with van der Waals surface area (Å²) in [6.45, 7) is 7.88. The summed E-state index contributed by atoms with van der Waals surface area (Å²) in [5.74, 6) is 0.659. The molecular weight excluding hydrogens is 160 g/mol. The zero-order chi connectivity index (χ0) is 9.68. The number of nitrogens with zero attached hydrogens (tertiary/aromatic N) is 1. The Morgan fingerprint density at radius 3 is 2.85 bits per heavy atom. The second-order valence-corrected chi connectivity index (χ2v) is 4.39. The molecule has 0 aliphatic carbocycles. The monoisotopic (exact) mass is 184 g/mol. The highest BCUT2D eigenvalue weighted by Crippen LogP contribution is 2.20. The molecule has 0 aromatic heterocycles. The Hall–Kier alpha value is -0.0800.